The summed E-state index contributed by atoms with van der Waals surface area (Å²) >= 11 is 3.34. The molecule has 3 unspecified atom stereocenters. The van der Waals surface area contributed by atoms with E-state index in [9.17, 15) is 4.79 Å². The van der Waals surface area contributed by atoms with Crippen molar-refractivity contribution in [1.82, 2.24) is 0 Å². The average Bonchev–Trinajstić information content (AvgIpc) is 3.30. The van der Waals surface area contributed by atoms with Crippen LogP contribution in [-0.2, 0) is 4.79 Å². The Morgan fingerprint density at radius 3 is 2.23 bits per heavy atom. The number of halogens is 1. The van der Waals surface area contributed by atoms with Crippen molar-refractivity contribution in [2.45, 2.75) is 57.4 Å². The van der Waals surface area contributed by atoms with Gasteiger partial charge in [-0.2, -0.15) is 0 Å². The molecule has 3 rings (SSSR count). The molecule has 3 atom stereocenters. The van der Waals surface area contributed by atoms with Crippen molar-refractivity contribution in [2.75, 3.05) is 0 Å². The molecule has 2 fully saturated rings. The molecule has 0 aliphatic heterocycles. The quantitative estimate of drug-likeness (QED) is 0.823. The summed E-state index contributed by atoms with van der Waals surface area (Å²) in [6.45, 7) is 2.13. The molecule has 3 N–H and O–H groups in total. The lowest BCUT2D eigenvalue weighted by Crippen LogP contribution is -2.27. The van der Waals surface area contributed by atoms with Crippen LogP contribution in [0.5, 0.6) is 0 Å². The number of carboxylic acid groups (broad SMARTS) is 1. The van der Waals surface area contributed by atoms with Gasteiger partial charge < -0.3 is 10.8 Å². The van der Waals surface area contributed by atoms with Crippen molar-refractivity contribution in [3.05, 3.63) is 34.3 Å². The summed E-state index contributed by atoms with van der Waals surface area (Å²) in [6.07, 6.45) is 7.79. The third-order valence-electron chi connectivity index (χ3n) is 4.80. The fraction of sp³-hybridized carbons (Fsp3) is 0.611. The second-order valence-electron chi connectivity index (χ2n) is 6.60. The Hall–Kier alpha value is -0.870. The van der Waals surface area contributed by atoms with Crippen LogP contribution >= 0.6 is 15.9 Å². The van der Waals surface area contributed by atoms with Crippen LogP contribution in [0.15, 0.2) is 28.7 Å². The fourth-order valence-electron chi connectivity index (χ4n) is 3.21. The highest BCUT2D eigenvalue weighted by atomic mass is 79.9. The largest absolute Gasteiger partial charge is 0.481 e. The summed E-state index contributed by atoms with van der Waals surface area (Å²) in [5.74, 6) is 0.249. The van der Waals surface area contributed by atoms with Gasteiger partial charge in [0, 0.05) is 10.5 Å². The zero-order chi connectivity index (χ0) is 16.1. The molecule has 2 saturated carbocycles. The zero-order valence-electron chi connectivity index (χ0n) is 13.2. The first-order valence-electron chi connectivity index (χ1n) is 8.23. The van der Waals surface area contributed by atoms with Crippen molar-refractivity contribution in [3.63, 3.8) is 0 Å². The Kier molecular flexibility index (Phi) is 6.45. The summed E-state index contributed by atoms with van der Waals surface area (Å²) in [5.41, 5.74) is 6.90. The number of benzene rings is 1. The summed E-state index contributed by atoms with van der Waals surface area (Å²) < 4.78 is 1.03. The third-order valence-corrected chi connectivity index (χ3v) is 5.33. The molecule has 3 nitrogen and oxygen atoms in total. The van der Waals surface area contributed by atoms with Crippen LogP contribution in [0.1, 0.15) is 56.9 Å². The molecule has 1 aromatic rings. The molecule has 122 valence electrons. The summed E-state index contributed by atoms with van der Waals surface area (Å²) in [7, 11) is 0. The van der Waals surface area contributed by atoms with E-state index in [1.165, 1.54) is 32.1 Å². The molecule has 0 aromatic heterocycles. The molecule has 2 aliphatic rings. The van der Waals surface area contributed by atoms with E-state index in [4.69, 9.17) is 10.8 Å². The maximum absolute atomic E-state index is 10.6. The van der Waals surface area contributed by atoms with Crippen molar-refractivity contribution >= 4 is 21.9 Å². The van der Waals surface area contributed by atoms with E-state index < -0.39 is 5.97 Å². The van der Waals surface area contributed by atoms with Gasteiger partial charge in [0.05, 0.1) is 5.92 Å². The maximum Gasteiger partial charge on any atom is 0.307 e. The number of rotatable bonds is 3. The van der Waals surface area contributed by atoms with Crippen molar-refractivity contribution in [3.8, 4) is 0 Å². The van der Waals surface area contributed by atoms with E-state index in [-0.39, 0.29) is 11.8 Å². The Morgan fingerprint density at radius 2 is 1.82 bits per heavy atom. The highest BCUT2D eigenvalue weighted by molar-refractivity contribution is 9.10. The van der Waals surface area contributed by atoms with Crippen LogP contribution < -0.4 is 5.73 Å². The minimum absolute atomic E-state index is 0.152. The lowest BCUT2D eigenvalue weighted by molar-refractivity contribution is -0.138. The van der Waals surface area contributed by atoms with Gasteiger partial charge in [0.25, 0.3) is 0 Å². The van der Waals surface area contributed by atoms with Gasteiger partial charge in [0.1, 0.15) is 0 Å². The van der Waals surface area contributed by atoms with E-state index in [0.29, 0.717) is 6.04 Å². The molecule has 1 aromatic carbocycles. The summed E-state index contributed by atoms with van der Waals surface area (Å²) in [6, 6.07) is 8.31. The first kappa shape index (κ1) is 17.5. The first-order chi connectivity index (χ1) is 10.5. The van der Waals surface area contributed by atoms with Gasteiger partial charge in [-0.15, -0.1) is 0 Å². The van der Waals surface area contributed by atoms with Crippen LogP contribution in [0.25, 0.3) is 0 Å². The van der Waals surface area contributed by atoms with Crippen molar-refractivity contribution in [2.24, 2.45) is 17.6 Å². The lowest BCUT2D eigenvalue weighted by Gasteiger charge is -2.24. The zero-order valence-corrected chi connectivity index (χ0v) is 14.8. The molecule has 4 heteroatoms. The first-order valence-corrected chi connectivity index (χ1v) is 9.02. The number of aliphatic carboxylic acids is 1. The number of carbonyl (C=O) groups is 1. The molecule has 0 saturated heterocycles. The number of hydrogen-bond donors (Lipinski definition) is 2. The highest BCUT2D eigenvalue weighted by Crippen LogP contribution is 2.47. The van der Waals surface area contributed by atoms with Crippen LogP contribution in [-0.4, -0.2) is 17.1 Å². The van der Waals surface area contributed by atoms with Crippen molar-refractivity contribution < 1.29 is 9.90 Å². The maximum atomic E-state index is 10.6. The van der Waals surface area contributed by atoms with Crippen LogP contribution in [0.4, 0.5) is 0 Å². The number of hydrogen-bond acceptors (Lipinski definition) is 2. The third kappa shape index (κ3) is 5.10. The molecule has 0 radical (unpaired) electrons. The van der Waals surface area contributed by atoms with E-state index >= 15 is 0 Å². The highest BCUT2D eigenvalue weighted by Gasteiger charge is 2.43. The van der Waals surface area contributed by atoms with E-state index in [0.717, 1.165) is 22.4 Å². The Labute approximate surface area is 141 Å². The second-order valence-corrected chi connectivity index (χ2v) is 7.51. The standard InChI is InChI=1S/C10H9BrO2.C8H17N/c11-7-3-1-6(2-4-7)8-5-9(8)10(12)13;1-7(9)8-5-3-2-4-6-8/h1-4,8-9H,5H2,(H,12,13);7-8H,2-6,9H2,1H3. The number of nitrogens with two attached hydrogens (primary N) is 1. The van der Waals surface area contributed by atoms with Gasteiger partial charge >= 0.3 is 5.97 Å². The Balaban J connectivity index is 0.000000172. The SMILES string of the molecule is CC(N)C1CCCCC1.O=C(O)C1CC1c1ccc(Br)cc1. The Bertz CT molecular complexity index is 480. The predicted molar refractivity (Wildman–Crippen MR) is 92.9 cm³/mol. The molecule has 0 spiro atoms. The molecule has 2 aliphatic carbocycles. The molecule has 0 amide bonds. The lowest BCUT2D eigenvalue weighted by atomic mass is 9.85. The normalized spacial score (nSPS) is 25.8. The van der Waals surface area contributed by atoms with Gasteiger partial charge in [-0.25, -0.2) is 0 Å². The van der Waals surface area contributed by atoms with Gasteiger partial charge in [-0.3, -0.25) is 4.79 Å². The summed E-state index contributed by atoms with van der Waals surface area (Å²) in [5, 5.41) is 8.73. The second kappa shape index (κ2) is 8.11. The van der Waals surface area contributed by atoms with Gasteiger partial charge in [-0.1, -0.05) is 47.3 Å². The average molecular weight is 368 g/mol. The monoisotopic (exact) mass is 367 g/mol. The molecule has 22 heavy (non-hydrogen) atoms. The van der Waals surface area contributed by atoms with E-state index in [1.807, 2.05) is 24.3 Å². The minimum Gasteiger partial charge on any atom is -0.481 e. The fourth-order valence-corrected chi connectivity index (χ4v) is 3.47. The smallest absolute Gasteiger partial charge is 0.307 e. The Morgan fingerprint density at radius 1 is 1.23 bits per heavy atom. The topological polar surface area (TPSA) is 63.3 Å². The summed E-state index contributed by atoms with van der Waals surface area (Å²) in [4.78, 5) is 10.6. The van der Waals surface area contributed by atoms with Gasteiger partial charge in [-0.05, 0) is 55.7 Å². The molecular weight excluding hydrogens is 342 g/mol. The molecule has 0 bridgehead atoms. The van der Waals surface area contributed by atoms with Gasteiger partial charge in [0.2, 0.25) is 0 Å². The van der Waals surface area contributed by atoms with Gasteiger partial charge in [0.15, 0.2) is 0 Å². The predicted octanol–water partition coefficient (Wildman–Crippen LogP) is 4.55. The van der Waals surface area contributed by atoms with E-state index in [1.54, 1.807) is 0 Å². The van der Waals surface area contributed by atoms with Crippen LogP contribution in [0, 0.1) is 11.8 Å². The molecule has 0 heterocycles. The van der Waals surface area contributed by atoms with Crippen LogP contribution in [0.2, 0.25) is 0 Å². The molecular formula is C18H26BrNO2. The van der Waals surface area contributed by atoms with Crippen LogP contribution in [0.3, 0.4) is 0 Å². The minimum atomic E-state index is -0.673. The van der Waals surface area contributed by atoms with Crippen molar-refractivity contribution in [1.29, 1.82) is 0 Å². The van der Waals surface area contributed by atoms with E-state index in [2.05, 4.69) is 22.9 Å². The number of carboxylic acids is 1.